The molecule has 1 aliphatic carbocycles. The van der Waals surface area contributed by atoms with Gasteiger partial charge in [0.2, 0.25) is 0 Å². The number of carbonyl (C=O) groups excluding carboxylic acids is 1. The number of nitrogens with one attached hydrogen (secondary N) is 1. The number of aliphatic hydroxyl groups is 1. The summed E-state index contributed by atoms with van der Waals surface area (Å²) in [7, 11) is 0. The molecule has 0 aromatic carbocycles. The maximum atomic E-state index is 12.1. The van der Waals surface area contributed by atoms with Crippen molar-refractivity contribution in [2.45, 2.75) is 25.4 Å². The van der Waals surface area contributed by atoms with Gasteiger partial charge in [0.25, 0.3) is 5.91 Å². The van der Waals surface area contributed by atoms with Crippen molar-refractivity contribution in [1.82, 2.24) is 19.9 Å². The van der Waals surface area contributed by atoms with Crippen molar-refractivity contribution < 1.29 is 9.90 Å². The fraction of sp³-hybridized carbons (Fsp3) is 0.462. The molecule has 0 bridgehead atoms. The molecule has 1 atom stereocenters. The molecule has 19 heavy (non-hydrogen) atoms. The molecule has 1 amide bonds. The lowest BCUT2D eigenvalue weighted by molar-refractivity contribution is 0.0354. The smallest absolute Gasteiger partial charge is 0.255 e. The van der Waals surface area contributed by atoms with Gasteiger partial charge >= 0.3 is 0 Å². The van der Waals surface area contributed by atoms with E-state index in [9.17, 15) is 9.90 Å². The number of fused-ring (bicyclic) bond motifs is 1. The summed E-state index contributed by atoms with van der Waals surface area (Å²) in [6, 6.07) is 0. The third-order valence-corrected chi connectivity index (χ3v) is 3.63. The third-order valence-electron chi connectivity index (χ3n) is 3.63. The van der Waals surface area contributed by atoms with Crippen LogP contribution in [0.25, 0.3) is 5.52 Å². The predicted octanol–water partition coefficient (Wildman–Crippen LogP) is 0.620. The van der Waals surface area contributed by atoms with Crippen LogP contribution in [0.1, 0.15) is 30.1 Å². The quantitative estimate of drug-likeness (QED) is 0.844. The summed E-state index contributed by atoms with van der Waals surface area (Å²) in [5, 5.41) is 17.0. The highest BCUT2D eigenvalue weighted by atomic mass is 16.3. The van der Waals surface area contributed by atoms with Gasteiger partial charge < -0.3 is 10.4 Å². The van der Waals surface area contributed by atoms with Crippen LogP contribution in [0.5, 0.6) is 0 Å². The number of hydrogen-bond acceptors (Lipinski definition) is 4. The molecule has 0 spiro atoms. The van der Waals surface area contributed by atoms with Crippen LogP contribution < -0.4 is 5.32 Å². The molecule has 0 saturated heterocycles. The zero-order valence-corrected chi connectivity index (χ0v) is 10.7. The summed E-state index contributed by atoms with van der Waals surface area (Å²) in [6.07, 6.45) is 8.47. The lowest BCUT2D eigenvalue weighted by Gasteiger charge is -2.23. The number of amides is 1. The lowest BCUT2D eigenvalue weighted by atomic mass is 10.0. The van der Waals surface area contributed by atoms with E-state index >= 15 is 0 Å². The number of aromatic nitrogens is 3. The number of rotatable bonds is 4. The van der Waals surface area contributed by atoms with Gasteiger partial charge in [0.15, 0.2) is 0 Å². The Morgan fingerprint density at radius 3 is 3.11 bits per heavy atom. The topological polar surface area (TPSA) is 79.5 Å². The highest BCUT2D eigenvalue weighted by Crippen LogP contribution is 2.39. The molecule has 2 aromatic heterocycles. The van der Waals surface area contributed by atoms with Crippen LogP contribution in [0.4, 0.5) is 0 Å². The molecule has 1 saturated carbocycles. The largest absolute Gasteiger partial charge is 0.388 e. The van der Waals surface area contributed by atoms with Crippen molar-refractivity contribution in [2.75, 3.05) is 6.54 Å². The number of hydrogen-bond donors (Lipinski definition) is 2. The van der Waals surface area contributed by atoms with Crippen LogP contribution in [-0.2, 0) is 0 Å². The molecular formula is C13H16N4O2. The monoisotopic (exact) mass is 260 g/mol. The minimum Gasteiger partial charge on any atom is -0.388 e. The molecule has 2 N–H and O–H groups in total. The van der Waals surface area contributed by atoms with E-state index in [1.165, 1.54) is 6.20 Å². The normalized spacial score (nSPS) is 18.2. The zero-order valence-electron chi connectivity index (χ0n) is 10.7. The lowest BCUT2D eigenvalue weighted by Crippen LogP contribution is -2.42. The van der Waals surface area contributed by atoms with Gasteiger partial charge in [0, 0.05) is 18.9 Å². The molecule has 6 heteroatoms. The van der Waals surface area contributed by atoms with E-state index in [1.54, 1.807) is 30.0 Å². The predicted molar refractivity (Wildman–Crippen MR) is 68.7 cm³/mol. The molecule has 2 aromatic rings. The van der Waals surface area contributed by atoms with Gasteiger partial charge in [0.1, 0.15) is 0 Å². The Hall–Kier alpha value is -1.95. The molecule has 0 aliphatic heterocycles. The second kappa shape index (κ2) is 4.31. The first-order valence-electron chi connectivity index (χ1n) is 6.36. The molecule has 2 heterocycles. The minimum absolute atomic E-state index is 0.232. The molecule has 1 aliphatic rings. The van der Waals surface area contributed by atoms with E-state index in [0.29, 0.717) is 17.0 Å². The van der Waals surface area contributed by atoms with Crippen LogP contribution in [-0.4, -0.2) is 37.8 Å². The minimum atomic E-state index is -0.823. The van der Waals surface area contributed by atoms with Crippen LogP contribution >= 0.6 is 0 Å². The van der Waals surface area contributed by atoms with Crippen molar-refractivity contribution >= 4 is 11.4 Å². The summed E-state index contributed by atoms with van der Waals surface area (Å²) in [5.41, 5.74) is 0.308. The van der Waals surface area contributed by atoms with Crippen molar-refractivity contribution in [1.29, 1.82) is 0 Å². The van der Waals surface area contributed by atoms with E-state index in [4.69, 9.17) is 0 Å². The van der Waals surface area contributed by atoms with Crippen molar-refractivity contribution in [3.8, 4) is 0 Å². The van der Waals surface area contributed by atoms with Crippen molar-refractivity contribution in [3.05, 3.63) is 30.4 Å². The maximum Gasteiger partial charge on any atom is 0.255 e. The van der Waals surface area contributed by atoms with Gasteiger partial charge in [-0.1, -0.05) is 0 Å². The SMILES string of the molecule is CC(O)(CNC(=O)c1cnn2ccncc12)C1CC1. The Morgan fingerprint density at radius 2 is 2.37 bits per heavy atom. The molecule has 1 fully saturated rings. The number of nitrogens with zero attached hydrogens (tertiary/aromatic N) is 3. The Kier molecular flexibility index (Phi) is 2.74. The summed E-state index contributed by atoms with van der Waals surface area (Å²) < 4.78 is 1.60. The van der Waals surface area contributed by atoms with Crippen LogP contribution in [0.3, 0.4) is 0 Å². The van der Waals surface area contributed by atoms with Gasteiger partial charge in [-0.15, -0.1) is 0 Å². The van der Waals surface area contributed by atoms with E-state index in [2.05, 4.69) is 15.4 Å². The Bertz CT molecular complexity index is 616. The Balaban J connectivity index is 1.73. The van der Waals surface area contributed by atoms with Gasteiger partial charge in [-0.05, 0) is 25.7 Å². The summed E-state index contributed by atoms with van der Waals surface area (Å²) in [4.78, 5) is 16.1. The van der Waals surface area contributed by atoms with E-state index < -0.39 is 5.60 Å². The van der Waals surface area contributed by atoms with Gasteiger partial charge in [-0.2, -0.15) is 5.10 Å². The Morgan fingerprint density at radius 1 is 1.58 bits per heavy atom. The molecule has 100 valence electrons. The van der Waals surface area contributed by atoms with Crippen LogP contribution in [0.2, 0.25) is 0 Å². The molecule has 0 radical (unpaired) electrons. The molecule has 3 rings (SSSR count). The first kappa shape index (κ1) is 12.1. The highest BCUT2D eigenvalue weighted by Gasteiger charge is 2.40. The van der Waals surface area contributed by atoms with Crippen LogP contribution in [0, 0.1) is 5.92 Å². The van der Waals surface area contributed by atoms with Crippen LogP contribution in [0.15, 0.2) is 24.8 Å². The van der Waals surface area contributed by atoms with Crippen molar-refractivity contribution in [3.63, 3.8) is 0 Å². The summed E-state index contributed by atoms with van der Waals surface area (Å²) in [5.74, 6) is 0.0716. The third kappa shape index (κ3) is 2.31. The molecule has 6 nitrogen and oxygen atoms in total. The summed E-state index contributed by atoms with van der Waals surface area (Å²) >= 11 is 0. The fourth-order valence-corrected chi connectivity index (χ4v) is 2.21. The molecule has 1 unspecified atom stereocenters. The fourth-order valence-electron chi connectivity index (χ4n) is 2.21. The van der Waals surface area contributed by atoms with Crippen molar-refractivity contribution in [2.24, 2.45) is 5.92 Å². The van der Waals surface area contributed by atoms with E-state index in [-0.39, 0.29) is 12.5 Å². The standard InChI is InChI=1S/C13H16N4O2/c1-13(19,9-2-3-9)8-15-12(18)10-6-16-17-5-4-14-7-11(10)17/h4-7,9,19H,2-3,8H2,1H3,(H,15,18). The maximum absolute atomic E-state index is 12.1. The second-order valence-corrected chi connectivity index (χ2v) is 5.28. The molecular weight excluding hydrogens is 244 g/mol. The zero-order chi connectivity index (χ0) is 13.5. The average Bonchev–Trinajstić information content (AvgIpc) is 3.17. The summed E-state index contributed by atoms with van der Waals surface area (Å²) in [6.45, 7) is 2.02. The van der Waals surface area contributed by atoms with E-state index in [0.717, 1.165) is 12.8 Å². The first-order valence-corrected chi connectivity index (χ1v) is 6.36. The second-order valence-electron chi connectivity index (χ2n) is 5.28. The van der Waals surface area contributed by atoms with Gasteiger partial charge in [-0.25, -0.2) is 4.52 Å². The average molecular weight is 260 g/mol. The number of carbonyl (C=O) groups is 1. The Labute approximate surface area is 110 Å². The van der Waals surface area contributed by atoms with Gasteiger partial charge in [0.05, 0.1) is 29.1 Å². The van der Waals surface area contributed by atoms with E-state index in [1.807, 2.05) is 0 Å². The van der Waals surface area contributed by atoms with Gasteiger partial charge in [-0.3, -0.25) is 9.78 Å². The first-order chi connectivity index (χ1) is 9.08. The highest BCUT2D eigenvalue weighted by molar-refractivity contribution is 6.00.